The van der Waals surface area contributed by atoms with Crippen LogP contribution in [0.2, 0.25) is 5.15 Å². The Morgan fingerprint density at radius 1 is 1.54 bits per heavy atom. The highest BCUT2D eigenvalue weighted by atomic mass is 35.5. The van der Waals surface area contributed by atoms with Crippen molar-refractivity contribution in [2.45, 2.75) is 16.5 Å². The minimum atomic E-state index is 0.489. The Labute approximate surface area is 87.3 Å². The number of nitrogens with zero attached hydrogens (tertiary/aromatic N) is 3. The maximum Gasteiger partial charge on any atom is 0.283 e. The van der Waals surface area contributed by atoms with Gasteiger partial charge in [0.15, 0.2) is 4.34 Å². The highest BCUT2D eigenvalue weighted by molar-refractivity contribution is 8.00. The Hall–Kier alpha value is -0.590. The molecule has 2 aromatic heterocycles. The minimum Gasteiger partial charge on any atom is -0.416 e. The van der Waals surface area contributed by atoms with Crippen LogP contribution in [-0.2, 0) is 0 Å². The molecule has 0 fully saturated rings. The minimum absolute atomic E-state index is 0.489. The molecule has 4 nitrogen and oxygen atoms in total. The summed E-state index contributed by atoms with van der Waals surface area (Å²) in [7, 11) is 0. The van der Waals surface area contributed by atoms with Gasteiger partial charge in [0.1, 0.15) is 5.15 Å². The van der Waals surface area contributed by atoms with Crippen molar-refractivity contribution in [1.29, 1.82) is 0 Å². The van der Waals surface area contributed by atoms with E-state index < -0.39 is 0 Å². The summed E-state index contributed by atoms with van der Waals surface area (Å²) in [5, 5.41) is 10.3. The molecule has 0 N–H and O–H groups in total. The van der Waals surface area contributed by atoms with E-state index in [0.29, 0.717) is 16.3 Å². The van der Waals surface area contributed by atoms with E-state index in [1.807, 2.05) is 0 Å². The Kier molecular flexibility index (Phi) is 2.52. The van der Waals surface area contributed by atoms with Crippen LogP contribution in [0.15, 0.2) is 19.4 Å². The fourth-order valence-corrected chi connectivity index (χ4v) is 2.49. The van der Waals surface area contributed by atoms with E-state index in [9.17, 15) is 0 Å². The van der Waals surface area contributed by atoms with Gasteiger partial charge in [-0.1, -0.05) is 11.6 Å². The van der Waals surface area contributed by atoms with E-state index >= 15 is 0 Å². The molecule has 0 bridgehead atoms. The average molecular weight is 234 g/mol. The highest BCUT2D eigenvalue weighted by Gasteiger charge is 2.07. The van der Waals surface area contributed by atoms with Crippen molar-refractivity contribution in [1.82, 2.24) is 15.2 Å². The molecule has 0 aromatic carbocycles. The first kappa shape index (κ1) is 8.98. The van der Waals surface area contributed by atoms with Gasteiger partial charge in [-0.15, -0.1) is 21.5 Å². The highest BCUT2D eigenvalue weighted by Crippen LogP contribution is 2.30. The van der Waals surface area contributed by atoms with Gasteiger partial charge in [-0.05, 0) is 0 Å². The topological polar surface area (TPSA) is 51.8 Å². The molecule has 0 saturated carbocycles. The number of aryl methyl sites for hydroxylation is 1. The van der Waals surface area contributed by atoms with E-state index in [4.69, 9.17) is 16.0 Å². The van der Waals surface area contributed by atoms with E-state index in [1.54, 1.807) is 12.3 Å². The Morgan fingerprint density at radius 2 is 2.38 bits per heavy atom. The van der Waals surface area contributed by atoms with Crippen molar-refractivity contribution in [3.63, 3.8) is 0 Å². The molecule has 13 heavy (non-hydrogen) atoms. The zero-order valence-corrected chi connectivity index (χ0v) is 8.91. The summed E-state index contributed by atoms with van der Waals surface area (Å²) in [4.78, 5) is 4.03. The number of halogens is 1. The molecule has 0 radical (unpaired) electrons. The molecule has 0 aliphatic heterocycles. The van der Waals surface area contributed by atoms with Gasteiger partial charge >= 0.3 is 0 Å². The molecule has 68 valence electrons. The summed E-state index contributed by atoms with van der Waals surface area (Å²) in [5.74, 6) is 0.546. The maximum absolute atomic E-state index is 5.65. The van der Waals surface area contributed by atoms with E-state index in [0.717, 1.165) is 4.34 Å². The van der Waals surface area contributed by atoms with Crippen molar-refractivity contribution in [2.75, 3.05) is 0 Å². The van der Waals surface area contributed by atoms with Gasteiger partial charge in [0.05, 0.1) is 0 Å². The molecule has 0 spiro atoms. The summed E-state index contributed by atoms with van der Waals surface area (Å²) in [6.07, 6.45) is 0. The molecule has 0 atom stereocenters. The zero-order chi connectivity index (χ0) is 9.26. The molecule has 0 unspecified atom stereocenters. The van der Waals surface area contributed by atoms with Crippen LogP contribution in [0.4, 0.5) is 0 Å². The Morgan fingerprint density at radius 3 is 2.92 bits per heavy atom. The van der Waals surface area contributed by atoms with Gasteiger partial charge in [-0.3, -0.25) is 0 Å². The molecule has 0 amide bonds. The molecular weight excluding hydrogens is 230 g/mol. The SMILES string of the molecule is Cc1nnc(Sc2nc(Cl)cs2)o1. The van der Waals surface area contributed by atoms with Crippen LogP contribution < -0.4 is 0 Å². The fraction of sp³-hybridized carbons (Fsp3) is 0.167. The Balaban J connectivity index is 2.14. The first-order valence-electron chi connectivity index (χ1n) is 3.33. The zero-order valence-electron chi connectivity index (χ0n) is 6.52. The second-order valence-electron chi connectivity index (χ2n) is 2.13. The third kappa shape index (κ3) is 2.20. The van der Waals surface area contributed by atoms with Gasteiger partial charge in [0, 0.05) is 24.1 Å². The van der Waals surface area contributed by atoms with Gasteiger partial charge in [-0.2, -0.15) is 0 Å². The number of hydrogen-bond acceptors (Lipinski definition) is 6. The first-order chi connectivity index (χ1) is 6.24. The van der Waals surface area contributed by atoms with Crippen LogP contribution in [0, 0.1) is 6.92 Å². The summed E-state index contributed by atoms with van der Waals surface area (Å²) in [6.45, 7) is 1.74. The van der Waals surface area contributed by atoms with Crippen LogP contribution in [0.25, 0.3) is 0 Å². The van der Waals surface area contributed by atoms with E-state index in [-0.39, 0.29) is 0 Å². The number of thiazole rings is 1. The van der Waals surface area contributed by atoms with Gasteiger partial charge in [0.2, 0.25) is 5.89 Å². The van der Waals surface area contributed by atoms with Crippen LogP contribution in [-0.4, -0.2) is 15.2 Å². The predicted octanol–water partition coefficient (Wildman–Crippen LogP) is 2.64. The second kappa shape index (κ2) is 3.65. The van der Waals surface area contributed by atoms with E-state index in [2.05, 4.69) is 15.2 Å². The molecule has 7 heteroatoms. The van der Waals surface area contributed by atoms with E-state index in [1.165, 1.54) is 23.1 Å². The lowest BCUT2D eigenvalue weighted by Crippen LogP contribution is -1.71. The third-order valence-corrected chi connectivity index (χ3v) is 3.24. The van der Waals surface area contributed by atoms with Gasteiger partial charge in [0.25, 0.3) is 5.22 Å². The van der Waals surface area contributed by atoms with Crippen LogP contribution in [0.1, 0.15) is 5.89 Å². The summed E-state index contributed by atoms with van der Waals surface area (Å²) in [5.41, 5.74) is 0. The molecule has 2 rings (SSSR count). The van der Waals surface area contributed by atoms with Crippen molar-refractivity contribution in [2.24, 2.45) is 0 Å². The smallest absolute Gasteiger partial charge is 0.283 e. The third-order valence-electron chi connectivity index (χ3n) is 1.14. The molecule has 0 aliphatic carbocycles. The molecule has 2 heterocycles. The Bertz CT molecular complexity index is 375. The normalized spacial score (nSPS) is 10.6. The van der Waals surface area contributed by atoms with Crippen molar-refractivity contribution < 1.29 is 4.42 Å². The lowest BCUT2D eigenvalue weighted by Gasteiger charge is -1.85. The quantitative estimate of drug-likeness (QED) is 0.798. The monoisotopic (exact) mass is 233 g/mol. The maximum atomic E-state index is 5.65. The van der Waals surface area contributed by atoms with Crippen molar-refractivity contribution >= 4 is 34.7 Å². The molecule has 0 aliphatic rings. The van der Waals surface area contributed by atoms with Crippen LogP contribution >= 0.6 is 34.7 Å². The van der Waals surface area contributed by atoms with Crippen molar-refractivity contribution in [3.05, 3.63) is 16.4 Å². The number of aromatic nitrogens is 3. The van der Waals surface area contributed by atoms with Crippen LogP contribution in [0.5, 0.6) is 0 Å². The second-order valence-corrected chi connectivity index (χ2v) is 4.57. The summed E-state index contributed by atoms with van der Waals surface area (Å²) >= 11 is 8.41. The largest absolute Gasteiger partial charge is 0.416 e. The summed E-state index contributed by atoms with van der Waals surface area (Å²) < 4.78 is 5.96. The van der Waals surface area contributed by atoms with Crippen molar-refractivity contribution in [3.8, 4) is 0 Å². The predicted molar refractivity (Wildman–Crippen MR) is 50.3 cm³/mol. The standard InChI is InChI=1S/C6H4ClN3OS2/c1-3-9-10-5(11-3)13-6-8-4(7)2-12-6/h2H,1H3. The average Bonchev–Trinajstić information content (AvgIpc) is 2.62. The number of hydrogen-bond donors (Lipinski definition) is 0. The molecule has 0 saturated heterocycles. The molecular formula is C6H4ClN3OS2. The van der Waals surface area contributed by atoms with Crippen LogP contribution in [0.3, 0.4) is 0 Å². The lowest BCUT2D eigenvalue weighted by molar-refractivity contribution is 0.429. The number of rotatable bonds is 2. The van der Waals surface area contributed by atoms with Gasteiger partial charge < -0.3 is 4.42 Å². The summed E-state index contributed by atoms with van der Waals surface area (Å²) in [6, 6.07) is 0. The first-order valence-corrected chi connectivity index (χ1v) is 5.40. The van der Waals surface area contributed by atoms with Gasteiger partial charge in [-0.25, -0.2) is 4.98 Å². The fourth-order valence-electron chi connectivity index (χ4n) is 0.680. The molecule has 2 aromatic rings. The lowest BCUT2D eigenvalue weighted by atomic mass is 10.8.